The van der Waals surface area contributed by atoms with Crippen molar-refractivity contribution in [2.75, 3.05) is 5.32 Å². The van der Waals surface area contributed by atoms with Crippen LogP contribution in [-0.4, -0.2) is 18.9 Å². The first-order chi connectivity index (χ1) is 13.6. The second-order valence-corrected chi connectivity index (χ2v) is 7.81. The van der Waals surface area contributed by atoms with Crippen molar-refractivity contribution in [3.05, 3.63) is 47.3 Å². The molecule has 0 bridgehead atoms. The second kappa shape index (κ2) is 10.7. The zero-order valence-electron chi connectivity index (χ0n) is 16.5. The molecule has 0 aliphatic rings. The van der Waals surface area contributed by atoms with Gasteiger partial charge in [-0.2, -0.15) is 5.26 Å². The largest absolute Gasteiger partial charge is 0.343 e. The molecule has 0 saturated carbocycles. The van der Waals surface area contributed by atoms with Crippen molar-refractivity contribution >= 4 is 21.6 Å². The summed E-state index contributed by atoms with van der Waals surface area (Å²) in [6, 6.07) is 4.80. The van der Waals surface area contributed by atoms with Crippen LogP contribution >= 0.6 is 0 Å². The standard InChI is InChI=1S/C13H10F2N4O3S.C6H14/c1-19-6-10(23(17,21)22)11(15)12(19)13(20)18-8-2-3-9(14)7(4-8)5-16;1-3-5-6-4-2/h2-4,6H,1H3,(H,18,20)(H2,17,21,22);3-6H2,1-2H3. The molecule has 1 aromatic heterocycles. The van der Waals surface area contributed by atoms with Crippen molar-refractivity contribution < 1.29 is 22.0 Å². The normalized spacial score (nSPS) is 10.7. The third-order valence-electron chi connectivity index (χ3n) is 3.91. The first-order valence-electron chi connectivity index (χ1n) is 8.95. The minimum Gasteiger partial charge on any atom is -0.343 e. The molecule has 1 amide bonds. The Bertz CT molecular complexity index is 1010. The smallest absolute Gasteiger partial charge is 0.275 e. The summed E-state index contributed by atoms with van der Waals surface area (Å²) < 4.78 is 50.7. The monoisotopic (exact) mass is 426 g/mol. The molecule has 1 heterocycles. The number of halogens is 2. The van der Waals surface area contributed by atoms with E-state index >= 15 is 0 Å². The van der Waals surface area contributed by atoms with Gasteiger partial charge in [0.2, 0.25) is 10.0 Å². The fourth-order valence-corrected chi connectivity index (χ4v) is 3.06. The van der Waals surface area contributed by atoms with Gasteiger partial charge in [0.25, 0.3) is 5.91 Å². The Morgan fingerprint density at radius 3 is 2.28 bits per heavy atom. The van der Waals surface area contributed by atoms with Crippen molar-refractivity contribution in [2.24, 2.45) is 12.2 Å². The van der Waals surface area contributed by atoms with Gasteiger partial charge in [0.1, 0.15) is 22.5 Å². The summed E-state index contributed by atoms with van der Waals surface area (Å²) in [4.78, 5) is 11.3. The molecule has 0 radical (unpaired) electrons. The highest BCUT2D eigenvalue weighted by molar-refractivity contribution is 7.89. The molecule has 1 aromatic carbocycles. The highest BCUT2D eigenvalue weighted by Crippen LogP contribution is 2.21. The van der Waals surface area contributed by atoms with Crippen molar-refractivity contribution in [3.8, 4) is 6.07 Å². The molecule has 2 aromatic rings. The van der Waals surface area contributed by atoms with E-state index in [1.807, 2.05) is 0 Å². The summed E-state index contributed by atoms with van der Waals surface area (Å²) in [7, 11) is -3.06. The van der Waals surface area contributed by atoms with Gasteiger partial charge in [0.05, 0.1) is 5.56 Å². The van der Waals surface area contributed by atoms with Crippen LogP contribution in [-0.2, 0) is 17.1 Å². The van der Waals surface area contributed by atoms with E-state index in [-0.39, 0.29) is 11.3 Å². The van der Waals surface area contributed by atoms with Gasteiger partial charge in [-0.15, -0.1) is 0 Å². The molecule has 0 unspecified atom stereocenters. The number of nitrogens with one attached hydrogen (secondary N) is 1. The number of sulfonamides is 1. The van der Waals surface area contributed by atoms with Crippen LogP contribution in [0.1, 0.15) is 55.6 Å². The maximum atomic E-state index is 14.1. The highest BCUT2D eigenvalue weighted by Gasteiger charge is 2.26. The lowest BCUT2D eigenvalue weighted by atomic mass is 10.2. The van der Waals surface area contributed by atoms with Crippen LogP contribution in [0.2, 0.25) is 0 Å². The summed E-state index contributed by atoms with van der Waals surface area (Å²) in [5, 5.41) is 15.8. The average molecular weight is 426 g/mol. The van der Waals surface area contributed by atoms with E-state index < -0.39 is 38.2 Å². The molecular weight excluding hydrogens is 402 g/mol. The lowest BCUT2D eigenvalue weighted by Gasteiger charge is -2.07. The van der Waals surface area contributed by atoms with Gasteiger partial charge in [-0.25, -0.2) is 22.3 Å². The number of hydrogen-bond acceptors (Lipinski definition) is 4. The number of nitrogens with zero attached hydrogens (tertiary/aromatic N) is 2. The Hall–Kier alpha value is -2.77. The molecule has 2 rings (SSSR count). The Kier molecular flexibility index (Phi) is 8.94. The number of carbonyl (C=O) groups is 1. The number of nitrogens with two attached hydrogens (primary N) is 1. The molecule has 3 N–H and O–H groups in total. The number of benzene rings is 1. The quantitative estimate of drug-likeness (QED) is 0.685. The van der Waals surface area contributed by atoms with E-state index in [9.17, 15) is 22.0 Å². The Morgan fingerprint density at radius 2 is 1.83 bits per heavy atom. The molecule has 0 fully saturated rings. The molecule has 29 heavy (non-hydrogen) atoms. The van der Waals surface area contributed by atoms with Gasteiger partial charge in [0.15, 0.2) is 5.82 Å². The number of unbranched alkanes of at least 4 members (excludes halogenated alkanes) is 3. The maximum Gasteiger partial charge on any atom is 0.275 e. The number of amides is 1. The summed E-state index contributed by atoms with van der Waals surface area (Å²) in [5.74, 6) is -3.04. The summed E-state index contributed by atoms with van der Waals surface area (Å²) in [5.41, 5.74) is -0.831. The predicted octanol–water partition coefficient (Wildman–Crippen LogP) is 3.66. The topological polar surface area (TPSA) is 118 Å². The Morgan fingerprint density at radius 1 is 1.24 bits per heavy atom. The molecule has 10 heteroatoms. The third kappa shape index (κ3) is 6.66. The minimum atomic E-state index is -4.33. The van der Waals surface area contributed by atoms with Crippen LogP contribution < -0.4 is 10.5 Å². The zero-order valence-corrected chi connectivity index (χ0v) is 17.3. The molecule has 0 atom stereocenters. The van der Waals surface area contributed by atoms with E-state index in [0.29, 0.717) is 0 Å². The van der Waals surface area contributed by atoms with Gasteiger partial charge in [-0.1, -0.05) is 39.5 Å². The first-order valence-corrected chi connectivity index (χ1v) is 10.5. The summed E-state index contributed by atoms with van der Waals surface area (Å²) >= 11 is 0. The van der Waals surface area contributed by atoms with Gasteiger partial charge >= 0.3 is 0 Å². The van der Waals surface area contributed by atoms with Gasteiger partial charge in [-0.3, -0.25) is 4.79 Å². The van der Waals surface area contributed by atoms with Crippen LogP contribution in [0.25, 0.3) is 0 Å². The summed E-state index contributed by atoms with van der Waals surface area (Å²) in [6.07, 6.45) is 6.40. The van der Waals surface area contributed by atoms with E-state index in [2.05, 4.69) is 19.2 Å². The van der Waals surface area contributed by atoms with Gasteiger partial charge in [0, 0.05) is 18.9 Å². The number of hydrogen-bond donors (Lipinski definition) is 2. The Labute approximate surface area is 169 Å². The van der Waals surface area contributed by atoms with E-state index in [1.54, 1.807) is 6.07 Å². The molecule has 0 saturated heterocycles. The van der Waals surface area contributed by atoms with Crippen LogP contribution in [0.4, 0.5) is 14.5 Å². The predicted molar refractivity (Wildman–Crippen MR) is 106 cm³/mol. The lowest BCUT2D eigenvalue weighted by molar-refractivity contribution is 0.101. The number of nitriles is 1. The minimum absolute atomic E-state index is 0.0469. The Balaban J connectivity index is 0.000000612. The van der Waals surface area contributed by atoms with Crippen LogP contribution in [0.5, 0.6) is 0 Å². The molecule has 7 nitrogen and oxygen atoms in total. The fraction of sp³-hybridized carbons (Fsp3) is 0.368. The zero-order chi connectivity index (χ0) is 22.2. The van der Waals surface area contributed by atoms with Crippen molar-refractivity contribution in [1.29, 1.82) is 5.26 Å². The van der Waals surface area contributed by atoms with E-state index in [4.69, 9.17) is 10.4 Å². The fourth-order valence-electron chi connectivity index (χ4n) is 2.41. The third-order valence-corrected chi connectivity index (χ3v) is 4.81. The van der Waals surface area contributed by atoms with Crippen molar-refractivity contribution in [1.82, 2.24) is 4.57 Å². The van der Waals surface area contributed by atoms with E-state index in [0.717, 1.165) is 22.9 Å². The van der Waals surface area contributed by atoms with Crippen molar-refractivity contribution in [2.45, 2.75) is 44.4 Å². The van der Waals surface area contributed by atoms with Gasteiger partial charge < -0.3 is 9.88 Å². The van der Waals surface area contributed by atoms with E-state index in [1.165, 1.54) is 38.8 Å². The summed E-state index contributed by atoms with van der Waals surface area (Å²) in [6.45, 7) is 4.46. The molecule has 158 valence electrons. The maximum absolute atomic E-state index is 14.1. The van der Waals surface area contributed by atoms with Crippen LogP contribution in [0.3, 0.4) is 0 Å². The number of carbonyl (C=O) groups excluding carboxylic acids is 1. The SMILES string of the molecule is CCCCCC.Cn1cc(S(N)(=O)=O)c(F)c1C(=O)Nc1ccc(F)c(C#N)c1. The lowest BCUT2D eigenvalue weighted by Crippen LogP contribution is -2.18. The van der Waals surface area contributed by atoms with Crippen LogP contribution in [0, 0.1) is 23.0 Å². The molecule has 0 aliphatic carbocycles. The second-order valence-electron chi connectivity index (χ2n) is 6.28. The molecule has 0 aliphatic heterocycles. The number of primary sulfonamides is 1. The highest BCUT2D eigenvalue weighted by atomic mass is 32.2. The van der Waals surface area contributed by atoms with Gasteiger partial charge in [-0.05, 0) is 18.2 Å². The van der Waals surface area contributed by atoms with Crippen LogP contribution in [0.15, 0.2) is 29.3 Å². The number of anilines is 1. The first kappa shape index (κ1) is 24.3. The average Bonchev–Trinajstić information content (AvgIpc) is 2.96. The number of aryl methyl sites for hydroxylation is 1. The van der Waals surface area contributed by atoms with Crippen molar-refractivity contribution in [3.63, 3.8) is 0 Å². The number of aromatic nitrogens is 1. The number of rotatable bonds is 6. The molecule has 0 spiro atoms. The molecular formula is C19H24F2N4O3S.